The molecule has 1 spiro atoms. The van der Waals surface area contributed by atoms with Gasteiger partial charge in [0.25, 0.3) is 0 Å². The van der Waals surface area contributed by atoms with Crippen LogP contribution in [-0.2, 0) is 14.8 Å². The summed E-state index contributed by atoms with van der Waals surface area (Å²) in [5, 5.41) is 10.1. The maximum atomic E-state index is 12.9. The minimum atomic E-state index is -3.61. The molecule has 3 unspecified atom stereocenters. The van der Waals surface area contributed by atoms with E-state index in [1.165, 1.54) is 6.08 Å². The highest BCUT2D eigenvalue weighted by Gasteiger charge is 2.72. The van der Waals surface area contributed by atoms with Gasteiger partial charge in [0.2, 0.25) is 15.9 Å². The average Bonchev–Trinajstić information content (AvgIpc) is 2.93. The van der Waals surface area contributed by atoms with Crippen molar-refractivity contribution in [3.05, 3.63) is 12.2 Å². The van der Waals surface area contributed by atoms with E-state index in [1.807, 2.05) is 0 Å². The van der Waals surface area contributed by atoms with Crippen molar-refractivity contribution in [3.8, 4) is 0 Å². The lowest BCUT2D eigenvalue weighted by Gasteiger charge is -2.37. The molecule has 0 radical (unpaired) electrons. The molecule has 1 amide bonds. The van der Waals surface area contributed by atoms with Crippen LogP contribution in [0.25, 0.3) is 0 Å². The molecule has 1 saturated heterocycles. The van der Waals surface area contributed by atoms with Gasteiger partial charge in [-0.15, -0.1) is 0 Å². The second-order valence-electron chi connectivity index (χ2n) is 8.06. The van der Waals surface area contributed by atoms with E-state index in [1.54, 1.807) is 19.9 Å². The van der Waals surface area contributed by atoms with Crippen molar-refractivity contribution < 1.29 is 18.3 Å². The van der Waals surface area contributed by atoms with Gasteiger partial charge in [0.05, 0.1) is 23.8 Å². The van der Waals surface area contributed by atoms with E-state index < -0.39 is 28.0 Å². The van der Waals surface area contributed by atoms with Gasteiger partial charge in [0, 0.05) is 5.41 Å². The zero-order chi connectivity index (χ0) is 17.2. The van der Waals surface area contributed by atoms with Gasteiger partial charge in [-0.25, -0.2) is 12.7 Å². The van der Waals surface area contributed by atoms with Crippen LogP contribution in [0.5, 0.6) is 0 Å². The molecular weight excluding hydrogens is 314 g/mol. The minimum Gasteiger partial charge on any atom is -0.388 e. The van der Waals surface area contributed by atoms with Crippen LogP contribution < -0.4 is 0 Å². The van der Waals surface area contributed by atoms with Gasteiger partial charge >= 0.3 is 0 Å². The zero-order valence-electron chi connectivity index (χ0n) is 14.3. The smallest absolute Gasteiger partial charge is 0.242 e. The lowest BCUT2D eigenvalue weighted by Crippen LogP contribution is -2.47. The third-order valence-electron chi connectivity index (χ3n) is 6.92. The molecule has 2 saturated carbocycles. The van der Waals surface area contributed by atoms with Crippen molar-refractivity contribution in [2.45, 2.75) is 59.1 Å². The molecule has 3 aliphatic rings. The van der Waals surface area contributed by atoms with Gasteiger partial charge in [-0.3, -0.25) is 4.79 Å². The molecular formula is C17H27NO4S. The van der Waals surface area contributed by atoms with Crippen LogP contribution in [0, 0.1) is 22.7 Å². The average molecular weight is 341 g/mol. The number of amides is 1. The zero-order valence-corrected chi connectivity index (χ0v) is 15.1. The third-order valence-corrected chi connectivity index (χ3v) is 8.83. The van der Waals surface area contributed by atoms with Crippen LogP contribution in [0.1, 0.15) is 47.0 Å². The quantitative estimate of drug-likeness (QED) is 0.796. The second kappa shape index (κ2) is 5.06. The van der Waals surface area contributed by atoms with Gasteiger partial charge in [-0.2, -0.15) is 0 Å². The predicted molar refractivity (Wildman–Crippen MR) is 88.0 cm³/mol. The highest BCUT2D eigenvalue weighted by atomic mass is 32.2. The number of nitrogens with zero attached hydrogens (tertiary/aromatic N) is 1. The maximum Gasteiger partial charge on any atom is 0.242 e. The van der Waals surface area contributed by atoms with Crippen molar-refractivity contribution in [1.29, 1.82) is 0 Å². The van der Waals surface area contributed by atoms with Crippen molar-refractivity contribution >= 4 is 15.9 Å². The fourth-order valence-corrected chi connectivity index (χ4v) is 7.90. The van der Waals surface area contributed by atoms with Gasteiger partial charge in [-0.05, 0) is 37.5 Å². The molecule has 2 aliphatic carbocycles. The Balaban J connectivity index is 1.96. The van der Waals surface area contributed by atoms with Crippen molar-refractivity contribution in [3.63, 3.8) is 0 Å². The number of sulfonamides is 1. The molecule has 130 valence electrons. The number of allylic oxidation sites excluding steroid dienone is 1. The predicted octanol–water partition coefficient (Wildman–Crippen LogP) is 1.93. The SMILES string of the molecule is C/C=C/[C@@H](O)[C@@H](C)C(=O)N1C2CC3CCC2(CS1(=O)=O)C3(C)C. The minimum absolute atomic E-state index is 0.0507. The Kier molecular flexibility index (Phi) is 3.73. The number of carbonyl (C=O) groups excluding carboxylic acids is 1. The molecule has 1 N–H and O–H groups in total. The van der Waals surface area contributed by atoms with E-state index in [9.17, 15) is 18.3 Å². The van der Waals surface area contributed by atoms with Gasteiger partial charge < -0.3 is 5.11 Å². The summed E-state index contributed by atoms with van der Waals surface area (Å²) < 4.78 is 26.7. The lowest BCUT2D eigenvalue weighted by atomic mass is 9.69. The molecule has 5 nitrogen and oxygen atoms in total. The molecule has 3 fully saturated rings. The number of aliphatic hydroxyl groups excluding tert-OH is 1. The maximum absolute atomic E-state index is 12.9. The first-order valence-electron chi connectivity index (χ1n) is 8.45. The standard InChI is InChI=1S/C17H27NO4S/c1-5-6-13(19)11(2)15(20)18-14-9-12-7-8-17(14,16(12,3)4)10-23(18,21)22/h5-6,11-14,19H,7-10H2,1-4H3/b6-5+/t11-,12?,13-,14?,17?/m1/s1. The van der Waals surface area contributed by atoms with Crippen LogP contribution in [0.15, 0.2) is 12.2 Å². The number of hydrogen-bond acceptors (Lipinski definition) is 4. The Labute approximate surface area is 138 Å². The Morgan fingerprint density at radius 1 is 1.39 bits per heavy atom. The van der Waals surface area contributed by atoms with Crippen LogP contribution in [-0.4, -0.2) is 41.6 Å². The van der Waals surface area contributed by atoms with Gasteiger partial charge in [0.1, 0.15) is 0 Å². The molecule has 23 heavy (non-hydrogen) atoms. The van der Waals surface area contributed by atoms with Crippen molar-refractivity contribution in [1.82, 2.24) is 4.31 Å². The van der Waals surface area contributed by atoms with E-state index in [0.717, 1.165) is 23.6 Å². The molecule has 0 aromatic rings. The Morgan fingerprint density at radius 3 is 2.61 bits per heavy atom. The lowest BCUT2D eigenvalue weighted by molar-refractivity contribution is -0.135. The number of hydrogen-bond donors (Lipinski definition) is 1. The topological polar surface area (TPSA) is 74.7 Å². The monoisotopic (exact) mass is 341 g/mol. The molecule has 0 aromatic carbocycles. The van der Waals surface area contributed by atoms with Crippen LogP contribution in [0.4, 0.5) is 0 Å². The first-order chi connectivity index (χ1) is 10.6. The Hall–Kier alpha value is -0.880. The number of carbonyl (C=O) groups is 1. The first kappa shape index (κ1) is 17.0. The normalized spacial score (nSPS) is 39.6. The van der Waals surface area contributed by atoms with Crippen LogP contribution in [0.2, 0.25) is 0 Å². The Morgan fingerprint density at radius 2 is 2.04 bits per heavy atom. The van der Waals surface area contributed by atoms with E-state index in [2.05, 4.69) is 13.8 Å². The molecule has 0 aromatic heterocycles. The molecule has 2 bridgehead atoms. The molecule has 1 heterocycles. The summed E-state index contributed by atoms with van der Waals surface area (Å²) in [5.41, 5.74) is -0.359. The van der Waals surface area contributed by atoms with Crippen molar-refractivity contribution in [2.24, 2.45) is 22.7 Å². The largest absolute Gasteiger partial charge is 0.388 e. The summed E-state index contributed by atoms with van der Waals surface area (Å²) in [6.07, 6.45) is 4.96. The number of rotatable bonds is 3. The summed E-state index contributed by atoms with van der Waals surface area (Å²) in [5.74, 6) is -0.653. The number of aliphatic hydroxyl groups is 1. The fraction of sp³-hybridized carbons (Fsp3) is 0.824. The summed E-state index contributed by atoms with van der Waals surface area (Å²) in [6, 6.07) is -0.228. The molecule has 1 aliphatic heterocycles. The Bertz CT molecular complexity index is 654. The van der Waals surface area contributed by atoms with E-state index in [-0.39, 0.29) is 22.6 Å². The fourth-order valence-electron chi connectivity index (χ4n) is 5.29. The molecule has 6 heteroatoms. The van der Waals surface area contributed by atoms with E-state index in [0.29, 0.717) is 5.92 Å². The van der Waals surface area contributed by atoms with Crippen LogP contribution in [0.3, 0.4) is 0 Å². The summed E-state index contributed by atoms with van der Waals surface area (Å²) in [4.78, 5) is 12.9. The molecule has 3 rings (SSSR count). The summed E-state index contributed by atoms with van der Waals surface area (Å²) in [7, 11) is -3.61. The van der Waals surface area contributed by atoms with Gasteiger partial charge in [0.15, 0.2) is 0 Å². The van der Waals surface area contributed by atoms with Crippen molar-refractivity contribution in [2.75, 3.05) is 5.75 Å². The first-order valence-corrected chi connectivity index (χ1v) is 10.1. The number of fused-ring (bicyclic) bond motifs is 1. The van der Waals surface area contributed by atoms with E-state index >= 15 is 0 Å². The summed E-state index contributed by atoms with van der Waals surface area (Å²) >= 11 is 0. The molecule has 5 atom stereocenters. The van der Waals surface area contributed by atoms with Crippen LogP contribution >= 0.6 is 0 Å². The highest BCUT2D eigenvalue weighted by Crippen LogP contribution is 2.70. The third kappa shape index (κ3) is 2.07. The second-order valence-corrected chi connectivity index (χ2v) is 9.91. The van der Waals surface area contributed by atoms with Gasteiger partial charge in [-0.1, -0.05) is 32.9 Å². The highest BCUT2D eigenvalue weighted by molar-refractivity contribution is 7.90. The van der Waals surface area contributed by atoms with E-state index in [4.69, 9.17) is 0 Å². The summed E-state index contributed by atoms with van der Waals surface area (Å²) in [6.45, 7) is 7.69.